The molecule has 1 aromatic rings. The van der Waals surface area contributed by atoms with Crippen molar-refractivity contribution in [3.05, 3.63) is 36.0 Å². The fourth-order valence-corrected chi connectivity index (χ4v) is 1.18. The summed E-state index contributed by atoms with van der Waals surface area (Å²) in [6.07, 6.45) is 1.38. The maximum Gasteiger partial charge on any atom is 0.267 e. The van der Waals surface area contributed by atoms with Gasteiger partial charge in [-0.15, -0.1) is 0 Å². The van der Waals surface area contributed by atoms with E-state index in [1.165, 1.54) is 18.3 Å². The minimum atomic E-state index is -0.517. The molecule has 0 bridgehead atoms. The van der Waals surface area contributed by atoms with E-state index in [0.717, 1.165) is 0 Å². The largest absolute Gasteiger partial charge is 0.508 e. The van der Waals surface area contributed by atoms with Crippen LogP contribution in [0.2, 0.25) is 0 Å². The third kappa shape index (κ3) is 4.18. The average Bonchev–Trinajstić information content (AvgIpc) is 2.29. The van der Waals surface area contributed by atoms with Gasteiger partial charge in [-0.2, -0.15) is 5.26 Å². The SMILES string of the molecule is CC(C)N/C=C(/C#N)C(=O)Nc1cccc(O)c1. The molecule has 0 unspecified atom stereocenters. The Bertz CT molecular complexity index is 501. The van der Waals surface area contributed by atoms with Gasteiger partial charge < -0.3 is 15.7 Å². The van der Waals surface area contributed by atoms with Crippen molar-refractivity contribution in [3.8, 4) is 11.8 Å². The van der Waals surface area contributed by atoms with Gasteiger partial charge in [0.25, 0.3) is 5.91 Å². The molecule has 0 aliphatic heterocycles. The van der Waals surface area contributed by atoms with E-state index < -0.39 is 5.91 Å². The second kappa shape index (κ2) is 6.30. The average molecular weight is 245 g/mol. The molecule has 94 valence electrons. The Morgan fingerprint density at radius 2 is 2.22 bits per heavy atom. The standard InChI is InChI=1S/C13H15N3O2/c1-9(2)15-8-10(7-14)13(18)16-11-4-3-5-12(17)6-11/h3-6,8-9,15,17H,1-2H3,(H,16,18)/b10-8-. The van der Waals surface area contributed by atoms with Crippen LogP contribution in [0.15, 0.2) is 36.0 Å². The molecule has 1 aromatic carbocycles. The minimum Gasteiger partial charge on any atom is -0.508 e. The van der Waals surface area contributed by atoms with Gasteiger partial charge in [-0.05, 0) is 26.0 Å². The molecule has 0 atom stereocenters. The van der Waals surface area contributed by atoms with Gasteiger partial charge in [-0.25, -0.2) is 0 Å². The molecule has 3 N–H and O–H groups in total. The van der Waals surface area contributed by atoms with Crippen LogP contribution >= 0.6 is 0 Å². The summed E-state index contributed by atoms with van der Waals surface area (Å²) in [6.45, 7) is 3.80. The van der Waals surface area contributed by atoms with Crippen molar-refractivity contribution < 1.29 is 9.90 Å². The lowest BCUT2D eigenvalue weighted by atomic mass is 10.2. The Kier molecular flexibility index (Phi) is 4.76. The number of nitrogens with zero attached hydrogens (tertiary/aromatic N) is 1. The van der Waals surface area contributed by atoms with Crippen molar-refractivity contribution in [2.24, 2.45) is 0 Å². The number of nitrogens with one attached hydrogen (secondary N) is 2. The van der Waals surface area contributed by atoms with E-state index in [2.05, 4.69) is 10.6 Å². The number of amides is 1. The number of anilines is 1. The topological polar surface area (TPSA) is 85.2 Å². The van der Waals surface area contributed by atoms with Gasteiger partial charge in [-0.3, -0.25) is 4.79 Å². The Balaban J connectivity index is 2.75. The van der Waals surface area contributed by atoms with Crippen LogP contribution in [0.4, 0.5) is 5.69 Å². The van der Waals surface area contributed by atoms with Crippen LogP contribution in [0.25, 0.3) is 0 Å². The van der Waals surface area contributed by atoms with Crippen LogP contribution < -0.4 is 10.6 Å². The van der Waals surface area contributed by atoms with Gasteiger partial charge in [0.05, 0.1) is 0 Å². The molecule has 5 nitrogen and oxygen atoms in total. The van der Waals surface area contributed by atoms with E-state index in [1.807, 2.05) is 19.9 Å². The molecule has 0 saturated carbocycles. The highest BCUT2D eigenvalue weighted by atomic mass is 16.3. The van der Waals surface area contributed by atoms with Crippen molar-refractivity contribution in [1.82, 2.24) is 5.32 Å². The minimum absolute atomic E-state index is 0.0213. The highest BCUT2D eigenvalue weighted by molar-refractivity contribution is 6.06. The third-order valence-corrected chi connectivity index (χ3v) is 2.03. The molecular weight excluding hydrogens is 230 g/mol. The van der Waals surface area contributed by atoms with Gasteiger partial charge in [0.15, 0.2) is 0 Å². The molecule has 0 spiro atoms. The first-order chi connectivity index (χ1) is 8.52. The van der Waals surface area contributed by atoms with Crippen LogP contribution in [0, 0.1) is 11.3 Å². The summed E-state index contributed by atoms with van der Waals surface area (Å²) in [5.74, 6) is -0.466. The predicted octanol–water partition coefficient (Wildman–Crippen LogP) is 1.74. The summed E-state index contributed by atoms with van der Waals surface area (Å²) in [4.78, 5) is 11.7. The highest BCUT2D eigenvalue weighted by Crippen LogP contribution is 2.15. The van der Waals surface area contributed by atoms with Gasteiger partial charge in [0.2, 0.25) is 0 Å². The fraction of sp³-hybridized carbons (Fsp3) is 0.231. The van der Waals surface area contributed by atoms with E-state index in [4.69, 9.17) is 5.26 Å². The zero-order valence-corrected chi connectivity index (χ0v) is 10.3. The van der Waals surface area contributed by atoms with E-state index in [0.29, 0.717) is 5.69 Å². The van der Waals surface area contributed by atoms with Crippen LogP contribution in [-0.2, 0) is 4.79 Å². The first-order valence-corrected chi connectivity index (χ1v) is 5.49. The van der Waals surface area contributed by atoms with Crippen molar-refractivity contribution in [2.45, 2.75) is 19.9 Å². The van der Waals surface area contributed by atoms with Crippen molar-refractivity contribution in [2.75, 3.05) is 5.32 Å². The van der Waals surface area contributed by atoms with E-state index >= 15 is 0 Å². The Hall–Kier alpha value is -2.48. The second-order valence-electron chi connectivity index (χ2n) is 4.00. The normalized spacial score (nSPS) is 10.9. The predicted molar refractivity (Wildman–Crippen MR) is 68.7 cm³/mol. The molecule has 0 radical (unpaired) electrons. The monoisotopic (exact) mass is 245 g/mol. The fourth-order valence-electron chi connectivity index (χ4n) is 1.18. The lowest BCUT2D eigenvalue weighted by Crippen LogP contribution is -2.20. The molecule has 0 fully saturated rings. The molecule has 0 aliphatic rings. The van der Waals surface area contributed by atoms with E-state index in [1.54, 1.807) is 12.1 Å². The summed E-state index contributed by atoms with van der Waals surface area (Å²) < 4.78 is 0. The maximum absolute atomic E-state index is 11.7. The highest BCUT2D eigenvalue weighted by Gasteiger charge is 2.09. The quantitative estimate of drug-likeness (QED) is 0.557. The number of aromatic hydroxyl groups is 1. The molecule has 5 heteroatoms. The summed E-state index contributed by atoms with van der Waals surface area (Å²) in [5.41, 5.74) is 0.415. The molecule has 1 amide bonds. The molecule has 18 heavy (non-hydrogen) atoms. The van der Waals surface area contributed by atoms with E-state index in [-0.39, 0.29) is 17.4 Å². The van der Waals surface area contributed by atoms with Gasteiger partial charge >= 0.3 is 0 Å². The maximum atomic E-state index is 11.7. The van der Waals surface area contributed by atoms with Gasteiger partial charge in [0, 0.05) is 24.0 Å². The van der Waals surface area contributed by atoms with Crippen molar-refractivity contribution in [3.63, 3.8) is 0 Å². The Morgan fingerprint density at radius 3 is 2.78 bits per heavy atom. The third-order valence-electron chi connectivity index (χ3n) is 2.03. The molecule has 0 aromatic heterocycles. The molecule has 0 saturated heterocycles. The summed E-state index contributed by atoms with van der Waals surface area (Å²) in [6, 6.07) is 8.09. The summed E-state index contributed by atoms with van der Waals surface area (Å²) in [5, 5.41) is 23.5. The molecule has 0 aliphatic carbocycles. The smallest absolute Gasteiger partial charge is 0.267 e. The number of benzene rings is 1. The number of carbonyl (C=O) groups excluding carboxylic acids is 1. The Labute approximate surface area is 106 Å². The number of nitriles is 1. The number of phenols is 1. The van der Waals surface area contributed by atoms with Crippen LogP contribution in [0.1, 0.15) is 13.8 Å². The van der Waals surface area contributed by atoms with Gasteiger partial charge in [-0.1, -0.05) is 6.07 Å². The molecular formula is C13H15N3O2. The zero-order valence-electron chi connectivity index (χ0n) is 10.3. The number of phenolic OH excluding ortho intramolecular Hbond substituents is 1. The van der Waals surface area contributed by atoms with Crippen LogP contribution in [0.3, 0.4) is 0 Å². The second-order valence-corrected chi connectivity index (χ2v) is 4.00. The molecule has 1 rings (SSSR count). The first-order valence-electron chi connectivity index (χ1n) is 5.49. The zero-order chi connectivity index (χ0) is 13.5. The van der Waals surface area contributed by atoms with Crippen molar-refractivity contribution >= 4 is 11.6 Å². The lowest BCUT2D eigenvalue weighted by Gasteiger charge is -2.06. The lowest BCUT2D eigenvalue weighted by molar-refractivity contribution is -0.112. The van der Waals surface area contributed by atoms with Gasteiger partial charge in [0.1, 0.15) is 17.4 Å². The van der Waals surface area contributed by atoms with Crippen LogP contribution in [0.5, 0.6) is 5.75 Å². The van der Waals surface area contributed by atoms with E-state index in [9.17, 15) is 9.90 Å². The van der Waals surface area contributed by atoms with Crippen molar-refractivity contribution in [1.29, 1.82) is 5.26 Å². The molecule has 0 heterocycles. The summed E-state index contributed by atoms with van der Waals surface area (Å²) >= 11 is 0. The first kappa shape index (κ1) is 13.6. The summed E-state index contributed by atoms with van der Waals surface area (Å²) in [7, 11) is 0. The number of hydrogen-bond acceptors (Lipinski definition) is 4. The number of hydrogen-bond donors (Lipinski definition) is 3. The number of carbonyl (C=O) groups is 1. The van der Waals surface area contributed by atoms with Crippen LogP contribution in [-0.4, -0.2) is 17.1 Å². The number of rotatable bonds is 4. The Morgan fingerprint density at radius 1 is 1.50 bits per heavy atom.